The molecule has 1 rings (SSSR count). The van der Waals surface area contributed by atoms with Crippen LogP contribution in [0.2, 0.25) is 0 Å². The minimum Gasteiger partial charge on any atom is -0.459 e. The molecule has 5 heteroatoms. The third kappa shape index (κ3) is 6.59. The lowest BCUT2D eigenvalue weighted by Gasteiger charge is -2.22. The minimum atomic E-state index is -0.816. The van der Waals surface area contributed by atoms with Crippen LogP contribution in [0.4, 0.5) is 4.79 Å². The quantitative estimate of drug-likeness (QED) is 0.585. The highest BCUT2D eigenvalue weighted by molar-refractivity contribution is 5.88. The zero-order valence-electron chi connectivity index (χ0n) is 12.6. The fourth-order valence-electron chi connectivity index (χ4n) is 1.90. The van der Waals surface area contributed by atoms with E-state index < -0.39 is 17.7 Å². The van der Waals surface area contributed by atoms with Gasteiger partial charge in [0.05, 0.1) is 5.57 Å². The predicted molar refractivity (Wildman–Crippen MR) is 74.3 cm³/mol. The molecule has 1 aliphatic rings. The summed E-state index contributed by atoms with van der Waals surface area (Å²) in [6, 6.07) is 0. The van der Waals surface area contributed by atoms with Gasteiger partial charge in [-0.3, -0.25) is 0 Å². The van der Waals surface area contributed by atoms with Crippen LogP contribution in [-0.4, -0.2) is 30.4 Å². The Labute approximate surface area is 120 Å². The number of carbonyl (C=O) groups excluding carboxylic acids is 2. The van der Waals surface area contributed by atoms with Crippen LogP contribution < -0.4 is 0 Å². The maximum Gasteiger partial charge on any atom is 0.509 e. The number of carbonyl (C=O) groups is 2. The first-order valence-electron chi connectivity index (χ1n) is 7.02. The first-order valence-corrected chi connectivity index (χ1v) is 7.02. The number of ether oxygens (including phenoxy) is 3. The Morgan fingerprint density at radius 1 is 1.15 bits per heavy atom. The maximum atomic E-state index is 11.8. The summed E-state index contributed by atoms with van der Waals surface area (Å²) in [6.45, 7) is 8.58. The second kappa shape index (κ2) is 7.31. The van der Waals surface area contributed by atoms with E-state index in [1.165, 1.54) is 6.42 Å². The summed E-state index contributed by atoms with van der Waals surface area (Å²) in [5.41, 5.74) is -0.498. The van der Waals surface area contributed by atoms with Crippen molar-refractivity contribution in [3.05, 3.63) is 12.2 Å². The summed E-state index contributed by atoms with van der Waals surface area (Å²) in [4.78, 5) is 23.1. The molecule has 1 saturated carbocycles. The van der Waals surface area contributed by atoms with E-state index in [0.717, 1.165) is 25.7 Å². The van der Waals surface area contributed by atoms with Crippen molar-refractivity contribution in [3.8, 4) is 0 Å². The second-order valence-electron chi connectivity index (χ2n) is 6.02. The molecule has 0 heterocycles. The van der Waals surface area contributed by atoms with E-state index in [-0.39, 0.29) is 18.3 Å². The standard InChI is InChI=1S/C15H24O5/c1-11(10-18-14(17)20-15(2,3)4)13(16)19-12-8-6-5-7-9-12/h12H,1,5-10H2,2-4H3. The summed E-state index contributed by atoms with van der Waals surface area (Å²) < 4.78 is 15.1. The van der Waals surface area contributed by atoms with Crippen LogP contribution in [0.15, 0.2) is 12.2 Å². The Morgan fingerprint density at radius 3 is 2.30 bits per heavy atom. The number of hydrogen-bond acceptors (Lipinski definition) is 5. The average molecular weight is 284 g/mol. The molecule has 0 aliphatic heterocycles. The molecule has 0 bridgehead atoms. The number of esters is 1. The zero-order valence-corrected chi connectivity index (χ0v) is 12.6. The van der Waals surface area contributed by atoms with Gasteiger partial charge in [-0.2, -0.15) is 0 Å². The van der Waals surface area contributed by atoms with Crippen LogP contribution in [0.1, 0.15) is 52.9 Å². The molecular formula is C15H24O5. The van der Waals surface area contributed by atoms with Gasteiger partial charge in [0.2, 0.25) is 0 Å². The van der Waals surface area contributed by atoms with Crippen molar-refractivity contribution in [2.45, 2.75) is 64.6 Å². The molecule has 0 aromatic rings. The van der Waals surface area contributed by atoms with Crippen molar-refractivity contribution in [2.24, 2.45) is 0 Å². The van der Waals surface area contributed by atoms with Gasteiger partial charge in [0.15, 0.2) is 0 Å². The van der Waals surface area contributed by atoms with Crippen LogP contribution in [0.3, 0.4) is 0 Å². The molecule has 5 nitrogen and oxygen atoms in total. The monoisotopic (exact) mass is 284 g/mol. The number of hydrogen-bond donors (Lipinski definition) is 0. The summed E-state index contributed by atoms with van der Waals surface area (Å²) in [7, 11) is 0. The first kappa shape index (κ1) is 16.5. The Kier molecular flexibility index (Phi) is 6.05. The van der Waals surface area contributed by atoms with Crippen LogP contribution in [0, 0.1) is 0 Å². The van der Waals surface area contributed by atoms with Gasteiger partial charge in [-0.05, 0) is 46.5 Å². The van der Waals surface area contributed by atoms with Crippen molar-refractivity contribution in [1.82, 2.24) is 0 Å². The first-order chi connectivity index (χ1) is 9.28. The summed E-state index contributed by atoms with van der Waals surface area (Å²) in [6.07, 6.45) is 4.30. The van der Waals surface area contributed by atoms with Gasteiger partial charge >= 0.3 is 12.1 Å². The highest BCUT2D eigenvalue weighted by atomic mass is 16.7. The highest BCUT2D eigenvalue weighted by Crippen LogP contribution is 2.21. The summed E-state index contributed by atoms with van der Waals surface area (Å²) in [5, 5.41) is 0. The Bertz CT molecular complexity index is 361. The molecule has 0 unspecified atom stereocenters. The van der Waals surface area contributed by atoms with Gasteiger partial charge in [-0.15, -0.1) is 0 Å². The number of rotatable bonds is 4. The predicted octanol–water partition coefficient (Wildman–Crippen LogP) is 3.37. The Balaban J connectivity index is 2.27. The molecule has 0 radical (unpaired) electrons. The van der Waals surface area contributed by atoms with E-state index in [2.05, 4.69) is 6.58 Å². The van der Waals surface area contributed by atoms with Gasteiger partial charge < -0.3 is 14.2 Å². The van der Waals surface area contributed by atoms with Gasteiger partial charge in [0, 0.05) is 0 Å². The van der Waals surface area contributed by atoms with Gasteiger partial charge in [0.1, 0.15) is 18.3 Å². The van der Waals surface area contributed by atoms with E-state index in [1.54, 1.807) is 20.8 Å². The summed E-state index contributed by atoms with van der Waals surface area (Å²) >= 11 is 0. The van der Waals surface area contributed by atoms with Crippen LogP contribution in [0.5, 0.6) is 0 Å². The molecule has 1 fully saturated rings. The Morgan fingerprint density at radius 2 is 1.75 bits per heavy atom. The molecule has 20 heavy (non-hydrogen) atoms. The topological polar surface area (TPSA) is 61.8 Å². The van der Waals surface area contributed by atoms with E-state index in [9.17, 15) is 9.59 Å². The average Bonchev–Trinajstić information content (AvgIpc) is 2.35. The van der Waals surface area contributed by atoms with Crippen molar-refractivity contribution in [1.29, 1.82) is 0 Å². The van der Waals surface area contributed by atoms with Gasteiger partial charge in [-0.25, -0.2) is 9.59 Å². The third-order valence-electron chi connectivity index (χ3n) is 2.87. The molecule has 0 aromatic heterocycles. The normalized spacial score (nSPS) is 16.4. The van der Waals surface area contributed by atoms with E-state index in [1.807, 2.05) is 0 Å². The molecule has 0 saturated heterocycles. The van der Waals surface area contributed by atoms with E-state index in [0.29, 0.717) is 0 Å². The summed E-state index contributed by atoms with van der Waals surface area (Å²) in [5.74, 6) is -0.500. The van der Waals surface area contributed by atoms with Crippen molar-refractivity contribution < 1.29 is 23.8 Å². The lowest BCUT2D eigenvalue weighted by Crippen LogP contribution is -2.26. The SMILES string of the molecule is C=C(COC(=O)OC(C)(C)C)C(=O)OC1CCCCC1. The fraction of sp³-hybridized carbons (Fsp3) is 0.733. The van der Waals surface area contributed by atoms with E-state index >= 15 is 0 Å². The van der Waals surface area contributed by atoms with E-state index in [4.69, 9.17) is 14.2 Å². The van der Waals surface area contributed by atoms with Crippen molar-refractivity contribution in [2.75, 3.05) is 6.61 Å². The van der Waals surface area contributed by atoms with Crippen molar-refractivity contribution >= 4 is 12.1 Å². The van der Waals surface area contributed by atoms with Gasteiger partial charge in [-0.1, -0.05) is 13.0 Å². The second-order valence-corrected chi connectivity index (χ2v) is 6.02. The fourth-order valence-corrected chi connectivity index (χ4v) is 1.90. The molecular weight excluding hydrogens is 260 g/mol. The van der Waals surface area contributed by atoms with Gasteiger partial charge in [0.25, 0.3) is 0 Å². The lowest BCUT2D eigenvalue weighted by molar-refractivity contribution is -0.146. The molecule has 0 N–H and O–H groups in total. The minimum absolute atomic E-state index is 0.0328. The van der Waals surface area contributed by atoms with Crippen LogP contribution >= 0.6 is 0 Å². The molecule has 0 amide bonds. The Hall–Kier alpha value is -1.52. The molecule has 0 spiro atoms. The molecule has 0 atom stereocenters. The molecule has 1 aliphatic carbocycles. The molecule has 0 aromatic carbocycles. The zero-order chi connectivity index (χ0) is 15.2. The van der Waals surface area contributed by atoms with Crippen molar-refractivity contribution in [3.63, 3.8) is 0 Å². The molecule has 114 valence electrons. The highest BCUT2D eigenvalue weighted by Gasteiger charge is 2.21. The van der Waals surface area contributed by atoms with Crippen LogP contribution in [0.25, 0.3) is 0 Å². The third-order valence-corrected chi connectivity index (χ3v) is 2.87. The lowest BCUT2D eigenvalue weighted by atomic mass is 9.98. The smallest absolute Gasteiger partial charge is 0.459 e. The maximum absolute atomic E-state index is 11.8. The largest absolute Gasteiger partial charge is 0.509 e. The van der Waals surface area contributed by atoms with Crippen LogP contribution in [-0.2, 0) is 19.0 Å².